The minimum Gasteiger partial charge on any atom is -0.379 e. The van der Waals surface area contributed by atoms with Crippen molar-refractivity contribution in [2.24, 2.45) is 5.92 Å². The van der Waals surface area contributed by atoms with Crippen molar-refractivity contribution in [2.75, 3.05) is 54.5 Å². The molecule has 1 heterocycles. The molecule has 1 aromatic rings. The summed E-state index contributed by atoms with van der Waals surface area (Å²) in [5, 5.41) is 5.55. The van der Waals surface area contributed by atoms with Crippen LogP contribution in [0.1, 0.15) is 45.1 Å². The average molecular weight is 604 g/mol. The van der Waals surface area contributed by atoms with Crippen molar-refractivity contribution < 1.29 is 33.4 Å². The fraction of sp³-hybridized carbons (Fsp3) is 0.645. The summed E-state index contributed by atoms with van der Waals surface area (Å²) in [6, 6.07) is 9.00. The summed E-state index contributed by atoms with van der Waals surface area (Å²) >= 11 is 0. The Morgan fingerprint density at radius 3 is 2.35 bits per heavy atom. The lowest BCUT2D eigenvalue weighted by molar-refractivity contribution is -0.140. The molecule has 2 N–H and O–H groups in total. The first kappa shape index (κ1) is 35.7. The van der Waals surface area contributed by atoms with Crippen molar-refractivity contribution in [3.8, 4) is 0 Å². The van der Waals surface area contributed by atoms with Gasteiger partial charge >= 0.3 is 0 Å². The van der Waals surface area contributed by atoms with E-state index in [1.807, 2.05) is 44.2 Å². The maximum absolute atomic E-state index is 13.4. The van der Waals surface area contributed by atoms with Crippen LogP contribution in [-0.2, 0) is 39.9 Å². The minimum atomic E-state index is -0.690. The number of amides is 5. The number of likely N-dealkylation sites (N-methyl/N-ethyl adjacent to an activating group) is 2. The number of rotatable bonds is 18. The van der Waals surface area contributed by atoms with Crippen LogP contribution in [-0.4, -0.2) is 124 Å². The van der Waals surface area contributed by atoms with Crippen LogP contribution in [0.15, 0.2) is 30.3 Å². The van der Waals surface area contributed by atoms with Crippen LogP contribution in [0.25, 0.3) is 0 Å². The molecule has 4 atom stereocenters. The molecule has 0 aliphatic carbocycles. The lowest BCUT2D eigenvalue weighted by Gasteiger charge is -2.32. The molecule has 43 heavy (non-hydrogen) atoms. The molecule has 1 saturated heterocycles. The molecule has 12 nitrogen and oxygen atoms in total. The van der Waals surface area contributed by atoms with Crippen molar-refractivity contribution in [1.82, 2.24) is 25.3 Å². The van der Waals surface area contributed by atoms with Crippen LogP contribution in [0, 0.1) is 5.92 Å². The van der Waals surface area contributed by atoms with Crippen molar-refractivity contribution in [1.29, 1.82) is 0 Å². The molecule has 12 heteroatoms. The third-order valence-corrected chi connectivity index (χ3v) is 7.87. The van der Waals surface area contributed by atoms with E-state index in [9.17, 15) is 24.0 Å². The fourth-order valence-electron chi connectivity index (χ4n) is 5.48. The van der Waals surface area contributed by atoms with Crippen molar-refractivity contribution >= 4 is 30.0 Å². The third kappa shape index (κ3) is 11.3. The van der Waals surface area contributed by atoms with Crippen LogP contribution in [0.3, 0.4) is 0 Å². The van der Waals surface area contributed by atoms with Crippen LogP contribution in [0.4, 0.5) is 0 Å². The molecule has 4 unspecified atom stereocenters. The molecule has 0 spiro atoms. The Morgan fingerprint density at radius 1 is 1.05 bits per heavy atom. The van der Waals surface area contributed by atoms with Gasteiger partial charge in [-0.25, -0.2) is 0 Å². The van der Waals surface area contributed by atoms with Gasteiger partial charge in [0.15, 0.2) is 0 Å². The minimum absolute atomic E-state index is 0.0518. The highest BCUT2D eigenvalue weighted by atomic mass is 16.5. The van der Waals surface area contributed by atoms with Gasteiger partial charge in [0.25, 0.3) is 0 Å². The lowest BCUT2D eigenvalue weighted by atomic mass is 10.0. The zero-order valence-electron chi connectivity index (χ0n) is 26.4. The number of hydrogen-bond donors (Lipinski definition) is 2. The molecule has 0 radical (unpaired) electrons. The highest BCUT2D eigenvalue weighted by Crippen LogP contribution is 2.25. The van der Waals surface area contributed by atoms with E-state index in [0.717, 1.165) is 24.8 Å². The van der Waals surface area contributed by atoms with E-state index in [1.165, 1.54) is 24.0 Å². The molecule has 0 aromatic heterocycles. The maximum atomic E-state index is 13.4. The summed E-state index contributed by atoms with van der Waals surface area (Å²) in [6.07, 6.45) is 2.05. The Morgan fingerprint density at radius 2 is 1.74 bits per heavy atom. The molecule has 5 amide bonds. The second-order valence-electron chi connectivity index (χ2n) is 11.4. The second kappa shape index (κ2) is 18.2. The molecule has 1 aliphatic rings. The Kier molecular flexibility index (Phi) is 15.1. The Bertz CT molecular complexity index is 1050. The normalized spacial score (nSPS) is 16.7. The first-order valence-corrected chi connectivity index (χ1v) is 14.9. The molecular formula is C31H49N5O7. The standard InChI is InChI=1S/C31H49N5O7/c1-22(2)30(35(4)21-37)31(41)33-19-29(40)34(3)20-24(42-5)17-28(39)36-16-10-13-25(36)26(43-6)18-27(38)32-15-14-23-11-8-7-9-12-23/h7-9,11-12,21-22,24-26,30H,10,13-20H2,1-6H3,(H,32,38)(H,33,41). The predicted molar refractivity (Wildman–Crippen MR) is 162 cm³/mol. The van der Waals surface area contributed by atoms with Crippen molar-refractivity contribution in [3.63, 3.8) is 0 Å². The number of carbonyl (C=O) groups excluding carboxylic acids is 5. The quantitative estimate of drug-likeness (QED) is 0.237. The molecule has 2 rings (SSSR count). The van der Waals surface area contributed by atoms with E-state index in [-0.39, 0.29) is 55.6 Å². The number of nitrogens with one attached hydrogen (secondary N) is 2. The number of hydrogen-bond acceptors (Lipinski definition) is 7. The Balaban J connectivity index is 1.87. The van der Waals surface area contributed by atoms with E-state index < -0.39 is 24.2 Å². The smallest absolute Gasteiger partial charge is 0.243 e. The molecule has 1 fully saturated rings. The lowest BCUT2D eigenvalue weighted by Crippen LogP contribution is -2.50. The topological polar surface area (TPSA) is 138 Å². The van der Waals surface area contributed by atoms with Gasteiger partial charge in [-0.2, -0.15) is 0 Å². The molecule has 1 aliphatic heterocycles. The van der Waals surface area contributed by atoms with E-state index in [1.54, 1.807) is 19.1 Å². The summed E-state index contributed by atoms with van der Waals surface area (Å²) in [5.74, 6) is -1.15. The third-order valence-electron chi connectivity index (χ3n) is 7.87. The highest BCUT2D eigenvalue weighted by Gasteiger charge is 2.37. The van der Waals surface area contributed by atoms with Gasteiger partial charge in [-0.05, 0) is 30.7 Å². The number of ether oxygens (including phenoxy) is 2. The highest BCUT2D eigenvalue weighted by molar-refractivity contribution is 5.88. The molecule has 0 bridgehead atoms. The largest absolute Gasteiger partial charge is 0.379 e. The zero-order valence-corrected chi connectivity index (χ0v) is 26.4. The number of methoxy groups -OCH3 is 2. The maximum Gasteiger partial charge on any atom is 0.243 e. The monoisotopic (exact) mass is 603 g/mol. The van der Waals surface area contributed by atoms with Crippen LogP contribution in [0.2, 0.25) is 0 Å². The Hall–Kier alpha value is -3.51. The number of nitrogens with zero attached hydrogens (tertiary/aromatic N) is 3. The van der Waals surface area contributed by atoms with Crippen molar-refractivity contribution in [3.05, 3.63) is 35.9 Å². The van der Waals surface area contributed by atoms with Gasteiger partial charge in [0.2, 0.25) is 30.0 Å². The number of benzene rings is 1. The van der Waals surface area contributed by atoms with Gasteiger partial charge in [0.05, 0.1) is 37.6 Å². The van der Waals surface area contributed by atoms with Gasteiger partial charge in [-0.15, -0.1) is 0 Å². The van der Waals surface area contributed by atoms with Gasteiger partial charge in [0.1, 0.15) is 6.04 Å². The predicted octanol–water partition coefficient (Wildman–Crippen LogP) is 0.834. The summed E-state index contributed by atoms with van der Waals surface area (Å²) in [6.45, 7) is 4.62. The molecule has 240 valence electrons. The van der Waals surface area contributed by atoms with E-state index >= 15 is 0 Å². The molecule has 0 saturated carbocycles. The fourth-order valence-corrected chi connectivity index (χ4v) is 5.48. The first-order valence-electron chi connectivity index (χ1n) is 14.9. The van der Waals surface area contributed by atoms with Gasteiger partial charge < -0.3 is 34.8 Å². The van der Waals surface area contributed by atoms with Gasteiger partial charge in [0, 0.05) is 47.9 Å². The van der Waals surface area contributed by atoms with E-state index in [0.29, 0.717) is 19.5 Å². The average Bonchev–Trinajstić information content (AvgIpc) is 3.48. The Labute approximate surface area is 255 Å². The second-order valence-corrected chi connectivity index (χ2v) is 11.4. The summed E-state index contributed by atoms with van der Waals surface area (Å²) in [5.41, 5.74) is 1.14. The van der Waals surface area contributed by atoms with E-state index in [2.05, 4.69) is 10.6 Å². The van der Waals surface area contributed by atoms with Crippen LogP contribution in [0.5, 0.6) is 0 Å². The summed E-state index contributed by atoms with van der Waals surface area (Å²) < 4.78 is 11.2. The summed E-state index contributed by atoms with van der Waals surface area (Å²) in [4.78, 5) is 66.9. The summed E-state index contributed by atoms with van der Waals surface area (Å²) in [7, 11) is 6.14. The van der Waals surface area contributed by atoms with E-state index in [4.69, 9.17) is 9.47 Å². The van der Waals surface area contributed by atoms with Gasteiger partial charge in [-0.1, -0.05) is 44.2 Å². The van der Waals surface area contributed by atoms with Gasteiger partial charge in [-0.3, -0.25) is 24.0 Å². The van der Waals surface area contributed by atoms with Crippen molar-refractivity contribution in [2.45, 2.75) is 70.2 Å². The zero-order chi connectivity index (χ0) is 31.9. The number of carbonyl (C=O) groups is 5. The number of likely N-dealkylation sites (tertiary alicyclic amines) is 1. The SMILES string of the molecule is COC(CC(=O)N1CCCC1C(CC(=O)NCCc1ccccc1)OC)CN(C)C(=O)CNC(=O)C(C(C)C)N(C)C=O. The molecule has 1 aromatic carbocycles. The first-order chi connectivity index (χ1) is 20.5. The molecular weight excluding hydrogens is 554 g/mol. The van der Waals surface area contributed by atoms with Crippen LogP contribution >= 0.6 is 0 Å². The van der Waals surface area contributed by atoms with Crippen LogP contribution < -0.4 is 10.6 Å².